The highest BCUT2D eigenvalue weighted by atomic mass is 16.5. The predicted molar refractivity (Wildman–Crippen MR) is 78.4 cm³/mol. The molecular weight excluding hydrogens is 236 g/mol. The fourth-order valence-corrected chi connectivity index (χ4v) is 2.20. The largest absolute Gasteiger partial charge is 0.497 e. The zero-order chi connectivity index (χ0) is 13.7. The lowest BCUT2D eigenvalue weighted by molar-refractivity contribution is 0.413. The van der Waals surface area contributed by atoms with E-state index in [9.17, 15) is 0 Å². The van der Waals surface area contributed by atoms with Crippen molar-refractivity contribution in [2.45, 2.75) is 33.0 Å². The maximum absolute atomic E-state index is 5.26. The van der Waals surface area contributed by atoms with Gasteiger partial charge >= 0.3 is 0 Å². The third-order valence-corrected chi connectivity index (χ3v) is 3.45. The van der Waals surface area contributed by atoms with Gasteiger partial charge in [-0.2, -0.15) is 0 Å². The highest BCUT2D eigenvalue weighted by Crippen LogP contribution is 2.19. The summed E-state index contributed by atoms with van der Waals surface area (Å²) in [5.74, 6) is 0.906. The zero-order valence-corrected chi connectivity index (χ0v) is 11.9. The molecule has 1 aromatic heterocycles. The van der Waals surface area contributed by atoms with E-state index >= 15 is 0 Å². The van der Waals surface area contributed by atoms with E-state index in [0.29, 0.717) is 6.04 Å². The van der Waals surface area contributed by atoms with E-state index in [0.717, 1.165) is 18.8 Å². The van der Waals surface area contributed by atoms with Gasteiger partial charge in [0.25, 0.3) is 0 Å². The van der Waals surface area contributed by atoms with E-state index in [-0.39, 0.29) is 0 Å². The quantitative estimate of drug-likeness (QED) is 0.859. The van der Waals surface area contributed by atoms with E-state index in [1.165, 1.54) is 11.3 Å². The predicted octanol–water partition coefficient (Wildman–Crippen LogP) is 3.37. The highest BCUT2D eigenvalue weighted by molar-refractivity contribution is 5.30. The lowest BCUT2D eigenvalue weighted by Gasteiger charge is -2.16. The van der Waals surface area contributed by atoms with Crippen LogP contribution in [0.25, 0.3) is 0 Å². The molecule has 0 aliphatic carbocycles. The van der Waals surface area contributed by atoms with Crippen LogP contribution in [0.4, 0.5) is 0 Å². The van der Waals surface area contributed by atoms with Crippen molar-refractivity contribution in [1.82, 2.24) is 9.88 Å². The van der Waals surface area contributed by atoms with Crippen LogP contribution in [-0.4, -0.2) is 11.7 Å². The van der Waals surface area contributed by atoms with Crippen LogP contribution >= 0.6 is 0 Å². The number of methoxy groups -OCH3 is 1. The molecule has 0 radical (unpaired) electrons. The van der Waals surface area contributed by atoms with Crippen molar-refractivity contribution in [1.29, 1.82) is 0 Å². The molecule has 3 nitrogen and oxygen atoms in total. The SMILES string of the molecule is CCn1cccc1CN[C@H](C)c1cccc(OC)c1. The van der Waals surface area contributed by atoms with Gasteiger partial charge in [-0.3, -0.25) is 0 Å². The van der Waals surface area contributed by atoms with Gasteiger partial charge in [0.2, 0.25) is 0 Å². The van der Waals surface area contributed by atoms with Gasteiger partial charge in [0.05, 0.1) is 7.11 Å². The summed E-state index contributed by atoms with van der Waals surface area (Å²) in [7, 11) is 1.70. The van der Waals surface area contributed by atoms with E-state index in [2.05, 4.69) is 54.2 Å². The lowest BCUT2D eigenvalue weighted by atomic mass is 10.1. The van der Waals surface area contributed by atoms with Crippen LogP contribution < -0.4 is 10.1 Å². The highest BCUT2D eigenvalue weighted by Gasteiger charge is 2.07. The van der Waals surface area contributed by atoms with Crippen molar-refractivity contribution >= 4 is 0 Å². The number of aryl methyl sites for hydroxylation is 1. The Morgan fingerprint density at radius 2 is 2.11 bits per heavy atom. The number of benzene rings is 1. The number of nitrogens with one attached hydrogen (secondary N) is 1. The minimum absolute atomic E-state index is 0.301. The second kappa shape index (κ2) is 6.43. The van der Waals surface area contributed by atoms with Crippen molar-refractivity contribution in [2.24, 2.45) is 0 Å². The first-order valence-electron chi connectivity index (χ1n) is 6.76. The molecule has 19 heavy (non-hydrogen) atoms. The Hall–Kier alpha value is -1.74. The first-order chi connectivity index (χ1) is 9.24. The molecule has 1 atom stereocenters. The average Bonchev–Trinajstić information content (AvgIpc) is 2.92. The summed E-state index contributed by atoms with van der Waals surface area (Å²) in [5, 5.41) is 3.55. The maximum Gasteiger partial charge on any atom is 0.119 e. The molecule has 102 valence electrons. The van der Waals surface area contributed by atoms with Gasteiger partial charge in [-0.15, -0.1) is 0 Å². The van der Waals surface area contributed by atoms with Crippen molar-refractivity contribution < 1.29 is 4.74 Å². The summed E-state index contributed by atoms with van der Waals surface area (Å²) in [6, 6.07) is 12.8. The molecule has 1 N–H and O–H groups in total. The minimum Gasteiger partial charge on any atom is -0.497 e. The van der Waals surface area contributed by atoms with Gasteiger partial charge in [0, 0.05) is 31.0 Å². The van der Waals surface area contributed by atoms with Crippen molar-refractivity contribution in [3.8, 4) is 5.75 Å². The zero-order valence-electron chi connectivity index (χ0n) is 11.9. The third kappa shape index (κ3) is 3.38. The fraction of sp³-hybridized carbons (Fsp3) is 0.375. The Morgan fingerprint density at radius 1 is 1.26 bits per heavy atom. The molecule has 0 amide bonds. The first kappa shape index (κ1) is 13.7. The Kier molecular flexibility index (Phi) is 4.63. The molecule has 0 aliphatic rings. The Morgan fingerprint density at radius 3 is 2.84 bits per heavy atom. The number of hydrogen-bond acceptors (Lipinski definition) is 2. The van der Waals surface area contributed by atoms with Crippen LogP contribution in [0.1, 0.15) is 31.1 Å². The summed E-state index contributed by atoms with van der Waals surface area (Å²) in [6.45, 7) is 6.22. The first-order valence-corrected chi connectivity index (χ1v) is 6.76. The summed E-state index contributed by atoms with van der Waals surface area (Å²) < 4.78 is 7.52. The normalized spacial score (nSPS) is 12.4. The van der Waals surface area contributed by atoms with Crippen molar-refractivity contribution in [3.63, 3.8) is 0 Å². The van der Waals surface area contributed by atoms with Crippen molar-refractivity contribution in [2.75, 3.05) is 7.11 Å². The molecule has 0 saturated heterocycles. The molecule has 3 heteroatoms. The molecular formula is C16H22N2O. The second-order valence-electron chi connectivity index (χ2n) is 4.66. The molecule has 0 unspecified atom stereocenters. The Labute approximate surface area is 115 Å². The van der Waals surface area contributed by atoms with E-state index in [1.807, 2.05) is 12.1 Å². The molecule has 0 saturated carbocycles. The van der Waals surface area contributed by atoms with Gasteiger partial charge in [-0.05, 0) is 43.7 Å². The maximum atomic E-state index is 5.26. The number of ether oxygens (including phenoxy) is 1. The molecule has 2 aromatic rings. The smallest absolute Gasteiger partial charge is 0.119 e. The average molecular weight is 258 g/mol. The second-order valence-corrected chi connectivity index (χ2v) is 4.66. The molecule has 0 fully saturated rings. The lowest BCUT2D eigenvalue weighted by Crippen LogP contribution is -2.19. The molecule has 0 bridgehead atoms. The van der Waals surface area contributed by atoms with E-state index < -0.39 is 0 Å². The molecule has 0 spiro atoms. The van der Waals surface area contributed by atoms with Gasteiger partial charge in [0.15, 0.2) is 0 Å². The van der Waals surface area contributed by atoms with Gasteiger partial charge < -0.3 is 14.6 Å². The van der Waals surface area contributed by atoms with E-state index in [1.54, 1.807) is 7.11 Å². The summed E-state index contributed by atoms with van der Waals surface area (Å²) in [5.41, 5.74) is 2.56. The van der Waals surface area contributed by atoms with Crippen molar-refractivity contribution in [3.05, 3.63) is 53.9 Å². The summed E-state index contributed by atoms with van der Waals surface area (Å²) in [4.78, 5) is 0. The van der Waals surface area contributed by atoms with E-state index in [4.69, 9.17) is 4.74 Å². The van der Waals surface area contributed by atoms with Gasteiger partial charge in [0.1, 0.15) is 5.75 Å². The van der Waals surface area contributed by atoms with Crippen LogP contribution in [0.3, 0.4) is 0 Å². The Balaban J connectivity index is 1.99. The van der Waals surface area contributed by atoms with Crippen LogP contribution in [0, 0.1) is 0 Å². The fourth-order valence-electron chi connectivity index (χ4n) is 2.20. The topological polar surface area (TPSA) is 26.2 Å². The number of nitrogens with zero attached hydrogens (tertiary/aromatic N) is 1. The van der Waals surface area contributed by atoms with Crippen LogP contribution in [0.15, 0.2) is 42.6 Å². The Bertz CT molecular complexity index is 519. The number of aromatic nitrogens is 1. The molecule has 1 heterocycles. The van der Waals surface area contributed by atoms with Crippen LogP contribution in [0.5, 0.6) is 5.75 Å². The molecule has 2 rings (SSSR count). The standard InChI is InChI=1S/C16H22N2O/c1-4-18-10-6-8-15(18)12-17-13(2)14-7-5-9-16(11-14)19-3/h5-11,13,17H,4,12H2,1-3H3/t13-/m1/s1. The summed E-state index contributed by atoms with van der Waals surface area (Å²) >= 11 is 0. The number of hydrogen-bond donors (Lipinski definition) is 1. The third-order valence-electron chi connectivity index (χ3n) is 3.45. The summed E-state index contributed by atoms with van der Waals surface area (Å²) in [6.07, 6.45) is 2.12. The van der Waals surface area contributed by atoms with Gasteiger partial charge in [-0.1, -0.05) is 12.1 Å². The van der Waals surface area contributed by atoms with Gasteiger partial charge in [-0.25, -0.2) is 0 Å². The monoisotopic (exact) mass is 258 g/mol. The molecule has 1 aromatic carbocycles. The van der Waals surface area contributed by atoms with Crippen LogP contribution in [-0.2, 0) is 13.1 Å². The minimum atomic E-state index is 0.301. The number of rotatable bonds is 6. The van der Waals surface area contributed by atoms with Crippen LogP contribution in [0.2, 0.25) is 0 Å². The molecule has 0 aliphatic heterocycles.